The summed E-state index contributed by atoms with van der Waals surface area (Å²) < 4.78 is 11.8. The molecule has 0 fully saturated rings. The number of aryl methyl sites for hydroxylation is 2. The van der Waals surface area contributed by atoms with E-state index in [0.717, 1.165) is 39.3 Å². The van der Waals surface area contributed by atoms with E-state index in [4.69, 9.17) is 14.6 Å². The maximum atomic E-state index is 11.0. The SMILES string of the molecule is Cc1cc(C)c(C)c(OCCOc2ccc3ccccc3c2C=CC(=O)O)c1. The Kier molecular flexibility index (Phi) is 5.99. The third-order valence-electron chi connectivity index (χ3n) is 4.69. The van der Waals surface area contributed by atoms with E-state index in [0.29, 0.717) is 19.0 Å². The quantitative estimate of drug-likeness (QED) is 0.448. The molecule has 0 radical (unpaired) electrons. The lowest BCUT2D eigenvalue weighted by atomic mass is 10.0. The molecule has 0 spiro atoms. The zero-order valence-corrected chi connectivity index (χ0v) is 16.4. The van der Waals surface area contributed by atoms with Gasteiger partial charge < -0.3 is 14.6 Å². The van der Waals surface area contributed by atoms with Crippen LogP contribution in [-0.2, 0) is 4.79 Å². The Morgan fingerprint density at radius 1 is 0.964 bits per heavy atom. The van der Waals surface area contributed by atoms with Crippen LogP contribution in [0.25, 0.3) is 16.8 Å². The first-order valence-electron chi connectivity index (χ1n) is 9.22. The number of benzene rings is 3. The van der Waals surface area contributed by atoms with Crippen molar-refractivity contribution in [2.24, 2.45) is 0 Å². The van der Waals surface area contributed by atoms with Crippen LogP contribution in [0, 0.1) is 20.8 Å². The summed E-state index contributed by atoms with van der Waals surface area (Å²) in [6.07, 6.45) is 2.71. The average Bonchev–Trinajstić information content (AvgIpc) is 2.67. The number of carboxylic acid groups (broad SMARTS) is 1. The van der Waals surface area contributed by atoms with Crippen LogP contribution in [0.3, 0.4) is 0 Å². The Bertz CT molecular complexity index is 1030. The molecule has 0 aliphatic heterocycles. The fourth-order valence-electron chi connectivity index (χ4n) is 3.18. The lowest BCUT2D eigenvalue weighted by molar-refractivity contribution is -0.131. The first-order valence-corrected chi connectivity index (χ1v) is 9.22. The lowest BCUT2D eigenvalue weighted by Crippen LogP contribution is -2.10. The molecule has 0 saturated carbocycles. The largest absolute Gasteiger partial charge is 0.490 e. The van der Waals surface area contributed by atoms with Gasteiger partial charge in [0, 0.05) is 11.6 Å². The number of hydrogen-bond donors (Lipinski definition) is 1. The fourth-order valence-corrected chi connectivity index (χ4v) is 3.18. The van der Waals surface area contributed by atoms with Gasteiger partial charge in [0.1, 0.15) is 24.7 Å². The summed E-state index contributed by atoms with van der Waals surface area (Å²) in [6, 6.07) is 15.8. The molecule has 144 valence electrons. The molecule has 0 bridgehead atoms. The van der Waals surface area contributed by atoms with Crippen LogP contribution in [0.5, 0.6) is 11.5 Å². The smallest absolute Gasteiger partial charge is 0.328 e. The van der Waals surface area contributed by atoms with E-state index in [1.165, 1.54) is 5.56 Å². The molecular weight excluding hydrogens is 352 g/mol. The summed E-state index contributed by atoms with van der Waals surface area (Å²) in [5.41, 5.74) is 4.24. The molecule has 3 rings (SSSR count). The molecule has 0 heterocycles. The number of rotatable bonds is 7. The highest BCUT2D eigenvalue weighted by Crippen LogP contribution is 2.29. The summed E-state index contributed by atoms with van der Waals surface area (Å²) in [4.78, 5) is 11.0. The van der Waals surface area contributed by atoms with Gasteiger partial charge >= 0.3 is 5.97 Å². The molecule has 0 aliphatic rings. The maximum absolute atomic E-state index is 11.0. The van der Waals surface area contributed by atoms with Crippen molar-refractivity contribution < 1.29 is 19.4 Å². The second-order valence-electron chi connectivity index (χ2n) is 6.77. The topological polar surface area (TPSA) is 55.8 Å². The normalized spacial score (nSPS) is 11.1. The minimum absolute atomic E-state index is 0.360. The predicted molar refractivity (Wildman–Crippen MR) is 112 cm³/mol. The van der Waals surface area contributed by atoms with Gasteiger partial charge in [-0.1, -0.05) is 36.4 Å². The van der Waals surface area contributed by atoms with E-state index in [2.05, 4.69) is 13.0 Å². The Morgan fingerprint density at radius 3 is 2.43 bits per heavy atom. The minimum atomic E-state index is -0.993. The van der Waals surface area contributed by atoms with Gasteiger partial charge in [-0.3, -0.25) is 0 Å². The first kappa shape index (κ1) is 19.5. The first-order chi connectivity index (χ1) is 13.5. The highest BCUT2D eigenvalue weighted by Gasteiger charge is 2.08. The zero-order valence-electron chi connectivity index (χ0n) is 16.4. The van der Waals surface area contributed by atoms with Gasteiger partial charge in [0.05, 0.1) is 0 Å². The second kappa shape index (κ2) is 8.61. The van der Waals surface area contributed by atoms with Crippen LogP contribution in [0.4, 0.5) is 0 Å². The van der Waals surface area contributed by atoms with Crippen molar-refractivity contribution in [3.05, 3.63) is 76.9 Å². The Balaban J connectivity index is 1.75. The van der Waals surface area contributed by atoms with Crippen LogP contribution in [-0.4, -0.2) is 24.3 Å². The fraction of sp³-hybridized carbons (Fsp3) is 0.208. The van der Waals surface area contributed by atoms with Crippen molar-refractivity contribution in [3.8, 4) is 11.5 Å². The average molecular weight is 376 g/mol. The zero-order chi connectivity index (χ0) is 20.1. The summed E-state index contributed by atoms with van der Waals surface area (Å²) in [5, 5.41) is 11.0. The van der Waals surface area contributed by atoms with E-state index in [9.17, 15) is 4.79 Å². The molecule has 3 aromatic rings. The second-order valence-corrected chi connectivity index (χ2v) is 6.77. The van der Waals surface area contributed by atoms with Crippen molar-refractivity contribution in [2.75, 3.05) is 13.2 Å². The molecule has 1 N–H and O–H groups in total. The van der Waals surface area contributed by atoms with E-state index in [1.54, 1.807) is 6.08 Å². The van der Waals surface area contributed by atoms with E-state index in [-0.39, 0.29) is 0 Å². The van der Waals surface area contributed by atoms with Gasteiger partial charge in [-0.2, -0.15) is 0 Å². The molecular formula is C24H24O4. The van der Waals surface area contributed by atoms with Crippen LogP contribution < -0.4 is 9.47 Å². The van der Waals surface area contributed by atoms with Crippen LogP contribution in [0.1, 0.15) is 22.3 Å². The van der Waals surface area contributed by atoms with Gasteiger partial charge in [-0.05, 0) is 66.4 Å². The Morgan fingerprint density at radius 2 is 1.68 bits per heavy atom. The van der Waals surface area contributed by atoms with Gasteiger partial charge in [-0.25, -0.2) is 4.79 Å². The highest BCUT2D eigenvalue weighted by molar-refractivity contribution is 5.96. The van der Waals surface area contributed by atoms with Crippen LogP contribution >= 0.6 is 0 Å². The number of fused-ring (bicyclic) bond motifs is 1. The third kappa shape index (κ3) is 4.52. The van der Waals surface area contributed by atoms with Gasteiger partial charge in [0.15, 0.2) is 0 Å². The van der Waals surface area contributed by atoms with Gasteiger partial charge in [0.2, 0.25) is 0 Å². The molecule has 0 atom stereocenters. The Labute approximate surface area is 165 Å². The maximum Gasteiger partial charge on any atom is 0.328 e. The lowest BCUT2D eigenvalue weighted by Gasteiger charge is -2.14. The summed E-state index contributed by atoms with van der Waals surface area (Å²) >= 11 is 0. The van der Waals surface area contributed by atoms with Gasteiger partial charge in [-0.15, -0.1) is 0 Å². The van der Waals surface area contributed by atoms with Crippen molar-refractivity contribution in [2.45, 2.75) is 20.8 Å². The standard InChI is InChI=1S/C24H24O4/c1-16-14-17(2)18(3)23(15-16)28-13-12-27-22-10-8-19-6-4-5-7-20(19)21(22)9-11-24(25)26/h4-11,14-15H,12-13H2,1-3H3,(H,25,26). The van der Waals surface area contributed by atoms with Crippen molar-refractivity contribution >= 4 is 22.8 Å². The predicted octanol–water partition coefficient (Wildman–Crippen LogP) is 5.32. The van der Waals surface area contributed by atoms with Crippen molar-refractivity contribution in [3.63, 3.8) is 0 Å². The number of aliphatic carboxylic acids is 1. The molecule has 0 aromatic heterocycles. The number of hydrogen-bond acceptors (Lipinski definition) is 3. The molecule has 0 unspecified atom stereocenters. The van der Waals surface area contributed by atoms with E-state index < -0.39 is 5.97 Å². The van der Waals surface area contributed by atoms with E-state index >= 15 is 0 Å². The van der Waals surface area contributed by atoms with Crippen LogP contribution in [0.2, 0.25) is 0 Å². The molecule has 0 amide bonds. The van der Waals surface area contributed by atoms with Crippen molar-refractivity contribution in [1.82, 2.24) is 0 Å². The molecule has 4 heteroatoms. The summed E-state index contributed by atoms with van der Waals surface area (Å²) in [7, 11) is 0. The number of ether oxygens (including phenoxy) is 2. The summed E-state index contributed by atoms with van der Waals surface area (Å²) in [6.45, 7) is 6.92. The molecule has 3 aromatic carbocycles. The molecule has 4 nitrogen and oxygen atoms in total. The minimum Gasteiger partial charge on any atom is -0.490 e. The van der Waals surface area contributed by atoms with E-state index in [1.807, 2.05) is 56.3 Å². The number of carbonyl (C=O) groups is 1. The molecule has 0 aliphatic carbocycles. The molecule has 0 saturated heterocycles. The highest BCUT2D eigenvalue weighted by atomic mass is 16.5. The van der Waals surface area contributed by atoms with Crippen molar-refractivity contribution in [1.29, 1.82) is 0 Å². The molecule has 28 heavy (non-hydrogen) atoms. The summed E-state index contributed by atoms with van der Waals surface area (Å²) in [5.74, 6) is 0.509. The number of carboxylic acids is 1. The van der Waals surface area contributed by atoms with Crippen LogP contribution in [0.15, 0.2) is 54.6 Å². The third-order valence-corrected chi connectivity index (χ3v) is 4.69. The van der Waals surface area contributed by atoms with Gasteiger partial charge in [0.25, 0.3) is 0 Å². The monoisotopic (exact) mass is 376 g/mol. The Hall–Kier alpha value is -3.27.